The van der Waals surface area contributed by atoms with Gasteiger partial charge in [-0.3, -0.25) is 10.3 Å². The first kappa shape index (κ1) is 23.1. The lowest BCUT2D eigenvalue weighted by atomic mass is 10.1. The van der Waals surface area contributed by atoms with Crippen molar-refractivity contribution in [2.75, 3.05) is 49.0 Å². The first-order valence-electron chi connectivity index (χ1n) is 11.2. The van der Waals surface area contributed by atoms with Crippen LogP contribution < -0.4 is 30.4 Å². The minimum absolute atomic E-state index is 0.141. The fourth-order valence-corrected chi connectivity index (χ4v) is 4.89. The predicted molar refractivity (Wildman–Crippen MR) is 132 cm³/mol. The van der Waals surface area contributed by atoms with Crippen molar-refractivity contribution in [3.8, 4) is 11.5 Å². The van der Waals surface area contributed by atoms with Crippen LogP contribution in [0.2, 0.25) is 0 Å². The van der Waals surface area contributed by atoms with Crippen molar-refractivity contribution in [1.82, 2.24) is 19.7 Å². The second kappa shape index (κ2) is 9.56. The third kappa shape index (κ3) is 5.09. The van der Waals surface area contributed by atoms with Gasteiger partial charge in [0.25, 0.3) is 10.0 Å². The van der Waals surface area contributed by atoms with Crippen molar-refractivity contribution in [1.29, 1.82) is 0 Å². The number of aryl methyl sites for hydroxylation is 1. The molecule has 2 aliphatic heterocycles. The summed E-state index contributed by atoms with van der Waals surface area (Å²) in [4.78, 5) is 15.4. The Morgan fingerprint density at radius 2 is 1.74 bits per heavy atom. The summed E-state index contributed by atoms with van der Waals surface area (Å²) in [6.45, 7) is 6.05. The molecule has 12 heteroatoms. The van der Waals surface area contributed by atoms with E-state index in [1.807, 2.05) is 19.1 Å². The van der Waals surface area contributed by atoms with Crippen molar-refractivity contribution in [2.45, 2.75) is 18.4 Å². The van der Waals surface area contributed by atoms with Gasteiger partial charge in [0.2, 0.25) is 6.79 Å². The normalized spacial score (nSPS) is 15.9. The third-order valence-corrected chi connectivity index (χ3v) is 7.28. The van der Waals surface area contributed by atoms with Crippen LogP contribution in [0.1, 0.15) is 11.1 Å². The SMILES string of the molecule is Cc1ccc(S(=O)(=O)NNc2ncnc(N3CCN(Cc4ccc5c(c4)OCO5)CC3)c2N)cc1. The summed E-state index contributed by atoms with van der Waals surface area (Å²) in [5, 5.41) is 0. The highest BCUT2D eigenvalue weighted by molar-refractivity contribution is 7.89. The molecule has 0 amide bonds. The fraction of sp³-hybridized carbons (Fsp3) is 0.304. The molecular formula is C23H27N7O4S. The second-order valence-electron chi connectivity index (χ2n) is 8.45. The first-order chi connectivity index (χ1) is 16.9. The molecule has 0 spiro atoms. The number of benzene rings is 2. The van der Waals surface area contributed by atoms with Crippen molar-refractivity contribution in [3.05, 3.63) is 59.9 Å². The van der Waals surface area contributed by atoms with Gasteiger partial charge in [-0.15, -0.1) is 4.83 Å². The number of sulfonamides is 1. The van der Waals surface area contributed by atoms with Gasteiger partial charge in [-0.25, -0.2) is 18.4 Å². The van der Waals surface area contributed by atoms with E-state index >= 15 is 0 Å². The number of ether oxygens (including phenoxy) is 2. The molecule has 0 aliphatic carbocycles. The Labute approximate surface area is 203 Å². The van der Waals surface area contributed by atoms with Gasteiger partial charge in [0.1, 0.15) is 12.0 Å². The molecule has 0 atom stereocenters. The van der Waals surface area contributed by atoms with Crippen molar-refractivity contribution in [3.63, 3.8) is 0 Å². The summed E-state index contributed by atoms with van der Waals surface area (Å²) in [6.07, 6.45) is 1.37. The van der Waals surface area contributed by atoms with E-state index in [0.717, 1.165) is 55.3 Å². The third-order valence-electron chi connectivity index (χ3n) is 6.01. The Morgan fingerprint density at radius 3 is 2.51 bits per heavy atom. The quantitative estimate of drug-likeness (QED) is 0.414. The predicted octanol–water partition coefficient (Wildman–Crippen LogP) is 1.72. The largest absolute Gasteiger partial charge is 0.454 e. The molecule has 11 nitrogen and oxygen atoms in total. The number of nitrogens with zero attached hydrogens (tertiary/aromatic N) is 4. The van der Waals surface area contributed by atoms with Crippen LogP contribution in [0.4, 0.5) is 17.3 Å². The summed E-state index contributed by atoms with van der Waals surface area (Å²) < 4.78 is 36.0. The standard InChI is InChI=1S/C23H27N7O4S/c1-16-2-5-18(6-3-16)35(31,32)28-27-22-21(24)23(26-14-25-22)30-10-8-29(9-11-30)13-17-4-7-19-20(12-17)34-15-33-19/h2-7,12,14,28H,8-11,13,15,24H2,1H3,(H,25,26,27). The Balaban J connectivity index is 1.20. The Morgan fingerprint density at radius 1 is 1.00 bits per heavy atom. The van der Waals surface area contributed by atoms with Crippen LogP contribution >= 0.6 is 0 Å². The van der Waals surface area contributed by atoms with E-state index in [1.165, 1.54) is 18.5 Å². The van der Waals surface area contributed by atoms with Crippen LogP contribution in [0.25, 0.3) is 0 Å². The molecule has 35 heavy (non-hydrogen) atoms. The van der Waals surface area contributed by atoms with Gasteiger partial charge in [-0.05, 0) is 36.8 Å². The van der Waals surface area contributed by atoms with Crippen molar-refractivity contribution in [2.24, 2.45) is 0 Å². The van der Waals surface area contributed by atoms with Gasteiger partial charge in [0, 0.05) is 32.7 Å². The molecule has 1 aromatic heterocycles. The number of fused-ring (bicyclic) bond motifs is 1. The Bertz CT molecular complexity index is 1310. The summed E-state index contributed by atoms with van der Waals surface area (Å²) in [5.41, 5.74) is 11.4. The molecule has 0 unspecified atom stereocenters. The topological polar surface area (TPSA) is 135 Å². The molecule has 2 aliphatic rings. The second-order valence-corrected chi connectivity index (χ2v) is 10.1. The lowest BCUT2D eigenvalue weighted by molar-refractivity contribution is 0.174. The summed E-state index contributed by atoms with van der Waals surface area (Å²) >= 11 is 0. The number of hydrogen-bond acceptors (Lipinski definition) is 10. The smallest absolute Gasteiger partial charge is 0.257 e. The minimum atomic E-state index is -3.78. The zero-order valence-corrected chi connectivity index (χ0v) is 20.1. The minimum Gasteiger partial charge on any atom is -0.454 e. The van der Waals surface area contributed by atoms with Crippen LogP contribution in [-0.2, 0) is 16.6 Å². The molecule has 4 N–H and O–H groups in total. The average Bonchev–Trinajstić information content (AvgIpc) is 3.32. The molecule has 1 saturated heterocycles. The molecule has 0 saturated carbocycles. The number of piperazine rings is 1. The maximum Gasteiger partial charge on any atom is 0.257 e. The van der Waals surface area contributed by atoms with Gasteiger partial charge < -0.3 is 20.1 Å². The van der Waals surface area contributed by atoms with Crippen LogP contribution in [0.15, 0.2) is 53.7 Å². The molecule has 3 aromatic rings. The highest BCUT2D eigenvalue weighted by Gasteiger charge is 2.23. The van der Waals surface area contributed by atoms with E-state index in [-0.39, 0.29) is 23.2 Å². The van der Waals surface area contributed by atoms with Crippen LogP contribution in [0, 0.1) is 6.92 Å². The zero-order valence-electron chi connectivity index (χ0n) is 19.3. The zero-order chi connectivity index (χ0) is 24.4. The lowest BCUT2D eigenvalue weighted by Crippen LogP contribution is -2.46. The molecule has 0 radical (unpaired) electrons. The highest BCUT2D eigenvalue weighted by Crippen LogP contribution is 2.33. The Hall–Kier alpha value is -3.61. The first-order valence-corrected chi connectivity index (χ1v) is 12.7. The van der Waals surface area contributed by atoms with E-state index in [4.69, 9.17) is 15.2 Å². The number of hydrazine groups is 1. The number of rotatable bonds is 7. The fourth-order valence-electron chi connectivity index (χ4n) is 4.05. The van der Waals surface area contributed by atoms with E-state index in [1.54, 1.807) is 12.1 Å². The number of nitrogens with two attached hydrogens (primary N) is 1. The maximum absolute atomic E-state index is 12.6. The molecule has 5 rings (SSSR count). The van der Waals surface area contributed by atoms with Crippen molar-refractivity contribution >= 4 is 27.3 Å². The van der Waals surface area contributed by atoms with Crippen LogP contribution in [0.3, 0.4) is 0 Å². The Kier molecular flexibility index (Phi) is 6.32. The van der Waals surface area contributed by atoms with E-state index < -0.39 is 10.0 Å². The molecule has 2 aromatic carbocycles. The molecule has 1 fully saturated rings. The van der Waals surface area contributed by atoms with Gasteiger partial charge >= 0.3 is 0 Å². The molecule has 184 valence electrons. The summed E-state index contributed by atoms with van der Waals surface area (Å²) in [6, 6.07) is 12.6. The van der Waals surface area contributed by atoms with Gasteiger partial charge in [0.15, 0.2) is 23.1 Å². The average molecular weight is 498 g/mol. The number of nitrogens with one attached hydrogen (secondary N) is 2. The monoisotopic (exact) mass is 497 g/mol. The van der Waals surface area contributed by atoms with E-state index in [9.17, 15) is 8.42 Å². The van der Waals surface area contributed by atoms with Gasteiger partial charge in [-0.1, -0.05) is 23.8 Å². The summed E-state index contributed by atoms with van der Waals surface area (Å²) in [7, 11) is -3.78. The van der Waals surface area contributed by atoms with E-state index in [2.05, 4.69) is 36.1 Å². The molecular weight excluding hydrogens is 470 g/mol. The number of hydrogen-bond donors (Lipinski definition) is 3. The number of anilines is 3. The van der Waals surface area contributed by atoms with E-state index in [0.29, 0.717) is 5.82 Å². The van der Waals surface area contributed by atoms with Gasteiger partial charge in [-0.2, -0.15) is 0 Å². The van der Waals surface area contributed by atoms with Crippen LogP contribution in [0.5, 0.6) is 11.5 Å². The van der Waals surface area contributed by atoms with Crippen molar-refractivity contribution < 1.29 is 17.9 Å². The number of nitrogen functional groups attached to an aromatic ring is 1. The molecule has 3 heterocycles. The lowest BCUT2D eigenvalue weighted by Gasteiger charge is -2.36. The maximum atomic E-state index is 12.6. The molecule has 0 bridgehead atoms. The summed E-state index contributed by atoms with van der Waals surface area (Å²) in [5.74, 6) is 2.34. The highest BCUT2D eigenvalue weighted by atomic mass is 32.2. The van der Waals surface area contributed by atoms with Crippen LogP contribution in [-0.4, -0.2) is 56.3 Å². The van der Waals surface area contributed by atoms with Gasteiger partial charge in [0.05, 0.1) is 4.90 Å². The number of aromatic nitrogens is 2.